The zero-order valence-electron chi connectivity index (χ0n) is 18.4. The fourth-order valence-corrected chi connectivity index (χ4v) is 4.35. The van der Waals surface area contributed by atoms with Crippen LogP contribution in [-0.2, 0) is 17.9 Å². The molecule has 0 radical (unpaired) electrons. The Hall–Kier alpha value is -4.04. The number of thioether (sulfide) groups is 1. The molecule has 1 amide bonds. The number of hydrogen-bond acceptors (Lipinski definition) is 5. The van der Waals surface area contributed by atoms with Crippen molar-refractivity contribution in [3.63, 3.8) is 0 Å². The van der Waals surface area contributed by atoms with E-state index in [1.54, 1.807) is 0 Å². The Labute approximate surface area is 200 Å². The number of carbonyl (C=O) groups is 1. The molecule has 0 aliphatic rings. The molecule has 3 aromatic carbocycles. The maximum Gasteiger partial charge on any atom is 0.330 e. The number of nitrogens with one attached hydrogen (secondary N) is 1. The maximum absolute atomic E-state index is 13.4. The van der Waals surface area contributed by atoms with Crippen LogP contribution in [0.1, 0.15) is 11.1 Å². The number of rotatable bonds is 8. The fraction of sp³-hybridized carbons (Fsp3) is 0.115. The van der Waals surface area contributed by atoms with Crippen LogP contribution in [0.15, 0.2) is 105 Å². The Balaban J connectivity index is 1.72. The van der Waals surface area contributed by atoms with E-state index < -0.39 is 11.2 Å². The SMILES string of the molecule is Nc1c(N(Cc2ccccc2)C(=O)CSc2ccccc2)c(=O)[nH]c(=O)n1Cc1ccccc1. The maximum atomic E-state index is 13.4. The summed E-state index contributed by atoms with van der Waals surface area (Å²) in [6.07, 6.45) is 0. The number of hydrogen-bond donors (Lipinski definition) is 2. The van der Waals surface area contributed by atoms with Crippen molar-refractivity contribution in [2.24, 2.45) is 0 Å². The Bertz CT molecular complexity index is 1370. The van der Waals surface area contributed by atoms with Gasteiger partial charge in [-0.25, -0.2) is 4.79 Å². The summed E-state index contributed by atoms with van der Waals surface area (Å²) in [5, 5.41) is 0. The van der Waals surface area contributed by atoms with Gasteiger partial charge in [0.2, 0.25) is 5.91 Å². The zero-order valence-corrected chi connectivity index (χ0v) is 19.2. The molecule has 1 heterocycles. The van der Waals surface area contributed by atoms with Crippen molar-refractivity contribution in [3.05, 3.63) is 123 Å². The summed E-state index contributed by atoms with van der Waals surface area (Å²) in [4.78, 5) is 43.5. The van der Waals surface area contributed by atoms with Gasteiger partial charge >= 0.3 is 5.69 Å². The van der Waals surface area contributed by atoms with Crippen molar-refractivity contribution >= 4 is 29.2 Å². The monoisotopic (exact) mass is 472 g/mol. The lowest BCUT2D eigenvalue weighted by Crippen LogP contribution is -2.41. The molecule has 0 spiro atoms. The number of nitrogens with zero attached hydrogens (tertiary/aromatic N) is 2. The smallest absolute Gasteiger partial charge is 0.330 e. The molecule has 1 aromatic heterocycles. The third kappa shape index (κ3) is 5.47. The van der Waals surface area contributed by atoms with Crippen LogP contribution in [0.5, 0.6) is 0 Å². The molecular formula is C26H24N4O3S. The second kappa shape index (κ2) is 10.7. The van der Waals surface area contributed by atoms with Crippen LogP contribution in [0.25, 0.3) is 0 Å². The molecule has 4 aromatic rings. The van der Waals surface area contributed by atoms with E-state index >= 15 is 0 Å². The summed E-state index contributed by atoms with van der Waals surface area (Å²) in [5.74, 6) is -0.237. The van der Waals surface area contributed by atoms with Gasteiger partial charge in [0, 0.05) is 4.90 Å². The topological polar surface area (TPSA) is 101 Å². The number of nitrogen functional groups attached to an aromatic ring is 1. The van der Waals surface area contributed by atoms with Crippen LogP contribution in [-0.4, -0.2) is 21.2 Å². The van der Waals surface area contributed by atoms with Gasteiger partial charge < -0.3 is 5.73 Å². The van der Waals surface area contributed by atoms with E-state index in [0.29, 0.717) is 0 Å². The summed E-state index contributed by atoms with van der Waals surface area (Å²) in [7, 11) is 0. The molecule has 0 bridgehead atoms. The molecule has 0 atom stereocenters. The second-order valence-corrected chi connectivity index (χ2v) is 8.68. The third-order valence-corrected chi connectivity index (χ3v) is 6.25. The lowest BCUT2D eigenvalue weighted by atomic mass is 10.2. The Morgan fingerprint density at radius 2 is 1.41 bits per heavy atom. The highest BCUT2D eigenvalue weighted by molar-refractivity contribution is 8.00. The molecule has 4 rings (SSSR count). The molecule has 172 valence electrons. The Morgan fingerprint density at radius 1 is 0.853 bits per heavy atom. The number of anilines is 2. The van der Waals surface area contributed by atoms with Crippen molar-refractivity contribution in [1.29, 1.82) is 0 Å². The van der Waals surface area contributed by atoms with Gasteiger partial charge in [0.05, 0.1) is 18.8 Å². The Kier molecular flexibility index (Phi) is 7.29. The predicted octanol–water partition coefficient (Wildman–Crippen LogP) is 3.49. The first-order chi connectivity index (χ1) is 16.5. The number of carbonyl (C=O) groups excluding carboxylic acids is 1. The highest BCUT2D eigenvalue weighted by Crippen LogP contribution is 2.24. The molecule has 0 unspecified atom stereocenters. The average Bonchev–Trinajstić information content (AvgIpc) is 2.86. The van der Waals surface area contributed by atoms with Gasteiger partial charge in [0.15, 0.2) is 5.69 Å². The number of benzene rings is 3. The summed E-state index contributed by atoms with van der Waals surface area (Å²) in [6, 6.07) is 28.2. The normalized spacial score (nSPS) is 10.7. The first-order valence-electron chi connectivity index (χ1n) is 10.7. The Morgan fingerprint density at radius 3 is 2.03 bits per heavy atom. The van der Waals surface area contributed by atoms with Crippen LogP contribution in [0.2, 0.25) is 0 Å². The van der Waals surface area contributed by atoms with Crippen LogP contribution >= 0.6 is 11.8 Å². The average molecular weight is 473 g/mol. The number of amides is 1. The second-order valence-electron chi connectivity index (χ2n) is 7.63. The van der Waals surface area contributed by atoms with Crippen molar-refractivity contribution < 1.29 is 4.79 Å². The zero-order chi connectivity index (χ0) is 23.9. The van der Waals surface area contributed by atoms with Gasteiger partial charge in [0.25, 0.3) is 5.56 Å². The molecule has 0 saturated heterocycles. The predicted molar refractivity (Wildman–Crippen MR) is 136 cm³/mol. The molecule has 0 aliphatic heterocycles. The van der Waals surface area contributed by atoms with Gasteiger partial charge in [-0.15, -0.1) is 11.8 Å². The van der Waals surface area contributed by atoms with E-state index in [0.717, 1.165) is 16.0 Å². The summed E-state index contributed by atoms with van der Waals surface area (Å²) in [6.45, 7) is 0.313. The molecule has 0 saturated carbocycles. The molecule has 7 nitrogen and oxygen atoms in total. The van der Waals surface area contributed by atoms with E-state index in [4.69, 9.17) is 5.73 Å². The van der Waals surface area contributed by atoms with E-state index in [-0.39, 0.29) is 36.3 Å². The van der Waals surface area contributed by atoms with E-state index in [9.17, 15) is 14.4 Å². The number of nitrogens with two attached hydrogens (primary N) is 1. The van der Waals surface area contributed by atoms with Crippen molar-refractivity contribution in [1.82, 2.24) is 9.55 Å². The summed E-state index contributed by atoms with van der Waals surface area (Å²) in [5.41, 5.74) is 6.70. The van der Waals surface area contributed by atoms with Crippen molar-refractivity contribution in [2.75, 3.05) is 16.4 Å². The molecule has 0 fully saturated rings. The fourth-order valence-electron chi connectivity index (χ4n) is 3.56. The van der Waals surface area contributed by atoms with Crippen molar-refractivity contribution in [3.8, 4) is 0 Å². The third-order valence-electron chi connectivity index (χ3n) is 5.26. The van der Waals surface area contributed by atoms with Crippen molar-refractivity contribution in [2.45, 2.75) is 18.0 Å². The standard InChI is InChI=1S/C26H24N4O3S/c27-24-23(25(32)28-26(33)30(24)17-20-12-6-2-7-13-20)29(16-19-10-4-1-5-11-19)22(31)18-34-21-14-8-3-9-15-21/h1-15H,16-18,27H2,(H,28,32,33). The van der Waals surface area contributed by atoms with Crippen LogP contribution in [0, 0.1) is 0 Å². The molecule has 3 N–H and O–H groups in total. The lowest BCUT2D eigenvalue weighted by molar-refractivity contribution is -0.116. The minimum Gasteiger partial charge on any atom is -0.383 e. The van der Waals surface area contributed by atoms with Crippen LogP contribution < -0.4 is 21.9 Å². The van der Waals surface area contributed by atoms with Gasteiger partial charge in [0.1, 0.15) is 5.82 Å². The van der Waals surface area contributed by atoms with E-state index in [2.05, 4.69) is 4.98 Å². The van der Waals surface area contributed by atoms with Gasteiger partial charge in [-0.1, -0.05) is 78.9 Å². The molecular weight excluding hydrogens is 448 g/mol. The first kappa shape index (κ1) is 23.1. The van der Waals surface area contributed by atoms with Gasteiger partial charge in [-0.2, -0.15) is 0 Å². The molecule has 34 heavy (non-hydrogen) atoms. The number of H-pyrrole nitrogens is 1. The van der Waals surface area contributed by atoms with E-state index in [1.807, 2.05) is 91.0 Å². The van der Waals surface area contributed by atoms with Crippen LogP contribution in [0.3, 0.4) is 0 Å². The summed E-state index contributed by atoms with van der Waals surface area (Å²) < 4.78 is 1.28. The molecule has 0 aliphatic carbocycles. The van der Waals surface area contributed by atoms with Gasteiger partial charge in [-0.3, -0.25) is 24.0 Å². The minimum absolute atomic E-state index is 0.0296. The highest BCUT2D eigenvalue weighted by Gasteiger charge is 2.24. The lowest BCUT2D eigenvalue weighted by Gasteiger charge is -2.24. The minimum atomic E-state index is -0.694. The van der Waals surface area contributed by atoms with E-state index in [1.165, 1.54) is 21.2 Å². The van der Waals surface area contributed by atoms with Crippen LogP contribution in [0.4, 0.5) is 11.5 Å². The highest BCUT2D eigenvalue weighted by atomic mass is 32.2. The largest absolute Gasteiger partial charge is 0.383 e. The first-order valence-corrected chi connectivity index (χ1v) is 11.7. The summed E-state index contributed by atoms with van der Waals surface area (Å²) >= 11 is 1.37. The van der Waals surface area contributed by atoms with Gasteiger partial charge in [-0.05, 0) is 23.3 Å². The number of aromatic nitrogens is 2. The molecule has 8 heteroatoms. The quantitative estimate of drug-likeness (QED) is 0.382. The number of aromatic amines is 1.